The normalized spacial score (nSPS) is 26.7. The van der Waals surface area contributed by atoms with Crippen LogP contribution in [0.25, 0.3) is 0 Å². The molecule has 0 radical (unpaired) electrons. The second-order valence-corrected chi connectivity index (χ2v) is 6.63. The van der Waals surface area contributed by atoms with Crippen molar-refractivity contribution in [2.75, 3.05) is 24.5 Å². The summed E-state index contributed by atoms with van der Waals surface area (Å²) < 4.78 is 0. The molecule has 2 fully saturated rings. The number of fused-ring (bicyclic) bond motifs is 1. The molecule has 4 rings (SSSR count). The summed E-state index contributed by atoms with van der Waals surface area (Å²) in [5.74, 6) is 0. The van der Waals surface area contributed by atoms with E-state index in [1.165, 1.54) is 43.7 Å². The van der Waals surface area contributed by atoms with E-state index in [0.717, 1.165) is 6.04 Å². The Labute approximate surface area is 124 Å². The van der Waals surface area contributed by atoms with E-state index in [2.05, 4.69) is 57.0 Å². The predicted octanol–water partition coefficient (Wildman–Crippen LogP) is 3.77. The summed E-state index contributed by atoms with van der Waals surface area (Å²) in [5.41, 5.74) is 2.85. The first-order valence-corrected chi connectivity index (χ1v) is 8.44. The highest BCUT2D eigenvalue weighted by molar-refractivity contribution is 7.08. The molecular weight excluding hydrogens is 264 g/mol. The van der Waals surface area contributed by atoms with Crippen LogP contribution >= 0.6 is 11.3 Å². The molecule has 3 heterocycles. The summed E-state index contributed by atoms with van der Waals surface area (Å²) in [6.07, 6.45) is 2.73. The standard InChI is InChI=1S/C17H20N2S/c1-2-5-14(6-3-1)17-12-18-9-4-7-15(18)11-19(17)16-8-10-20-13-16/h1-3,5-6,8,10,13,15,17H,4,7,9,11-12H2. The number of thiophene rings is 1. The van der Waals surface area contributed by atoms with Crippen LogP contribution < -0.4 is 4.90 Å². The molecule has 0 spiro atoms. The number of benzene rings is 1. The molecule has 1 aromatic carbocycles. The lowest BCUT2D eigenvalue weighted by atomic mass is 9.99. The van der Waals surface area contributed by atoms with E-state index in [0.29, 0.717) is 6.04 Å². The zero-order chi connectivity index (χ0) is 13.4. The number of nitrogens with zero attached hydrogens (tertiary/aromatic N) is 2. The molecule has 0 N–H and O–H groups in total. The molecule has 2 aromatic rings. The molecule has 1 aromatic heterocycles. The first-order chi connectivity index (χ1) is 9.92. The Kier molecular flexibility index (Phi) is 3.25. The van der Waals surface area contributed by atoms with E-state index in [4.69, 9.17) is 0 Å². The van der Waals surface area contributed by atoms with E-state index < -0.39 is 0 Å². The van der Waals surface area contributed by atoms with Gasteiger partial charge >= 0.3 is 0 Å². The van der Waals surface area contributed by atoms with Gasteiger partial charge in [0.1, 0.15) is 0 Å². The van der Waals surface area contributed by atoms with Crippen molar-refractivity contribution in [3.63, 3.8) is 0 Å². The third kappa shape index (κ3) is 2.15. The van der Waals surface area contributed by atoms with Crippen LogP contribution in [0, 0.1) is 0 Å². The lowest BCUT2D eigenvalue weighted by Crippen LogP contribution is -2.51. The molecule has 3 heteroatoms. The quantitative estimate of drug-likeness (QED) is 0.828. The number of anilines is 1. The summed E-state index contributed by atoms with van der Waals surface area (Å²) >= 11 is 1.80. The minimum atomic E-state index is 0.500. The largest absolute Gasteiger partial charge is 0.361 e. The van der Waals surface area contributed by atoms with Crippen LogP contribution in [0.5, 0.6) is 0 Å². The van der Waals surface area contributed by atoms with Gasteiger partial charge in [-0.25, -0.2) is 0 Å². The lowest BCUT2D eigenvalue weighted by Gasteiger charge is -2.45. The topological polar surface area (TPSA) is 6.48 Å². The smallest absolute Gasteiger partial charge is 0.0670 e. The van der Waals surface area contributed by atoms with Crippen LogP contribution in [-0.2, 0) is 0 Å². The lowest BCUT2D eigenvalue weighted by molar-refractivity contribution is 0.197. The maximum absolute atomic E-state index is 2.69. The van der Waals surface area contributed by atoms with E-state index in [-0.39, 0.29) is 0 Å². The molecule has 0 amide bonds. The minimum absolute atomic E-state index is 0.500. The van der Waals surface area contributed by atoms with Crippen molar-refractivity contribution in [3.8, 4) is 0 Å². The fourth-order valence-electron chi connectivity index (χ4n) is 3.68. The Morgan fingerprint density at radius 2 is 1.95 bits per heavy atom. The average molecular weight is 284 g/mol. The van der Waals surface area contributed by atoms with Crippen molar-refractivity contribution in [1.82, 2.24) is 4.90 Å². The van der Waals surface area contributed by atoms with Crippen LogP contribution in [-0.4, -0.2) is 30.6 Å². The third-order valence-corrected chi connectivity index (χ3v) is 5.38. The molecule has 20 heavy (non-hydrogen) atoms. The van der Waals surface area contributed by atoms with Gasteiger partial charge in [0.15, 0.2) is 0 Å². The summed E-state index contributed by atoms with van der Waals surface area (Å²) in [7, 11) is 0. The first-order valence-electron chi connectivity index (χ1n) is 7.49. The monoisotopic (exact) mass is 284 g/mol. The van der Waals surface area contributed by atoms with Crippen molar-refractivity contribution >= 4 is 17.0 Å². The second kappa shape index (κ2) is 5.23. The highest BCUT2D eigenvalue weighted by atomic mass is 32.1. The molecule has 2 saturated heterocycles. The molecular formula is C17H20N2S. The van der Waals surface area contributed by atoms with Crippen LogP contribution in [0.4, 0.5) is 5.69 Å². The highest BCUT2D eigenvalue weighted by Crippen LogP contribution is 2.36. The van der Waals surface area contributed by atoms with Crippen molar-refractivity contribution in [2.24, 2.45) is 0 Å². The Morgan fingerprint density at radius 1 is 1.05 bits per heavy atom. The van der Waals surface area contributed by atoms with E-state index in [1.807, 2.05) is 0 Å². The van der Waals surface area contributed by atoms with Crippen molar-refractivity contribution in [2.45, 2.75) is 24.9 Å². The Hall–Kier alpha value is -1.32. The second-order valence-electron chi connectivity index (χ2n) is 5.85. The Balaban J connectivity index is 1.69. The maximum atomic E-state index is 2.69. The fourth-order valence-corrected chi connectivity index (χ4v) is 4.33. The Bertz CT molecular complexity index is 552. The molecule has 0 bridgehead atoms. The molecule has 0 saturated carbocycles. The SMILES string of the molecule is c1ccc(C2CN3CCCC3CN2c2ccsc2)cc1. The van der Waals surface area contributed by atoms with Gasteiger partial charge in [0.2, 0.25) is 0 Å². The van der Waals surface area contributed by atoms with Crippen LogP contribution in [0.15, 0.2) is 47.2 Å². The zero-order valence-corrected chi connectivity index (χ0v) is 12.4. The van der Waals surface area contributed by atoms with Gasteiger partial charge in [-0.05, 0) is 36.4 Å². The van der Waals surface area contributed by atoms with Gasteiger partial charge in [-0.15, -0.1) is 0 Å². The van der Waals surface area contributed by atoms with Gasteiger partial charge in [-0.1, -0.05) is 30.3 Å². The average Bonchev–Trinajstić information content (AvgIpc) is 3.17. The molecule has 104 valence electrons. The molecule has 2 unspecified atom stereocenters. The van der Waals surface area contributed by atoms with Gasteiger partial charge < -0.3 is 4.90 Å². The number of hydrogen-bond acceptors (Lipinski definition) is 3. The van der Waals surface area contributed by atoms with Crippen molar-refractivity contribution in [1.29, 1.82) is 0 Å². The summed E-state index contributed by atoms with van der Waals surface area (Å²) in [6.45, 7) is 3.63. The highest BCUT2D eigenvalue weighted by Gasteiger charge is 2.37. The van der Waals surface area contributed by atoms with Crippen LogP contribution in [0.1, 0.15) is 24.4 Å². The van der Waals surface area contributed by atoms with Crippen molar-refractivity contribution in [3.05, 3.63) is 52.7 Å². The van der Waals surface area contributed by atoms with E-state index in [1.54, 1.807) is 11.3 Å². The van der Waals surface area contributed by atoms with E-state index >= 15 is 0 Å². The first kappa shape index (κ1) is 12.4. The molecule has 2 nitrogen and oxygen atoms in total. The van der Waals surface area contributed by atoms with Crippen molar-refractivity contribution < 1.29 is 0 Å². The van der Waals surface area contributed by atoms with Gasteiger partial charge in [0.25, 0.3) is 0 Å². The molecule has 2 atom stereocenters. The van der Waals surface area contributed by atoms with E-state index in [9.17, 15) is 0 Å². The summed E-state index contributed by atoms with van der Waals surface area (Å²) in [6, 6.07) is 14.5. The van der Waals surface area contributed by atoms with Gasteiger partial charge in [0.05, 0.1) is 6.04 Å². The Morgan fingerprint density at radius 3 is 2.75 bits per heavy atom. The number of rotatable bonds is 2. The van der Waals surface area contributed by atoms with Crippen LogP contribution in [0.3, 0.4) is 0 Å². The van der Waals surface area contributed by atoms with Crippen LogP contribution in [0.2, 0.25) is 0 Å². The van der Waals surface area contributed by atoms with Gasteiger partial charge in [0, 0.05) is 30.2 Å². The third-order valence-electron chi connectivity index (χ3n) is 4.71. The summed E-state index contributed by atoms with van der Waals surface area (Å²) in [4.78, 5) is 5.32. The number of piperazine rings is 1. The maximum Gasteiger partial charge on any atom is 0.0670 e. The molecule has 0 aliphatic carbocycles. The fraction of sp³-hybridized carbons (Fsp3) is 0.412. The van der Waals surface area contributed by atoms with Gasteiger partial charge in [-0.2, -0.15) is 11.3 Å². The number of hydrogen-bond donors (Lipinski definition) is 0. The molecule has 2 aliphatic rings. The zero-order valence-electron chi connectivity index (χ0n) is 11.6. The summed E-state index contributed by atoms with van der Waals surface area (Å²) in [5, 5.41) is 4.49. The predicted molar refractivity (Wildman–Crippen MR) is 85.4 cm³/mol. The molecule has 2 aliphatic heterocycles. The minimum Gasteiger partial charge on any atom is -0.361 e. The van der Waals surface area contributed by atoms with Gasteiger partial charge in [-0.3, -0.25) is 4.90 Å².